The average Bonchev–Trinajstić information content (AvgIpc) is 3.08. The largest absolute Gasteiger partial charge is 0.423 e. The third kappa shape index (κ3) is 10.9. The Morgan fingerprint density at radius 3 is 1.31 bits per heavy atom. The van der Waals surface area contributed by atoms with Gasteiger partial charge in [0, 0.05) is 24.7 Å². The summed E-state index contributed by atoms with van der Waals surface area (Å²) in [6.45, 7) is 6.58. The fourth-order valence-electron chi connectivity index (χ4n) is 5.13. The second-order valence-electron chi connectivity index (χ2n) is 11.3. The van der Waals surface area contributed by atoms with E-state index in [4.69, 9.17) is 9.47 Å². The van der Waals surface area contributed by atoms with Crippen molar-refractivity contribution in [2.45, 2.75) is 64.2 Å². The van der Waals surface area contributed by atoms with Gasteiger partial charge in [0.2, 0.25) is 23.1 Å². The van der Waals surface area contributed by atoms with E-state index < -0.39 is 46.9 Å². The van der Waals surface area contributed by atoms with Gasteiger partial charge in [-0.25, -0.2) is 9.59 Å². The molecular weight excluding hydrogens is 616 g/mol. The molecule has 0 heterocycles. The molecule has 0 aromatic heterocycles. The quantitative estimate of drug-likeness (QED) is 0.0445. The van der Waals surface area contributed by atoms with Gasteiger partial charge in [0.05, 0.1) is 0 Å². The van der Waals surface area contributed by atoms with Crippen LogP contribution in [0.3, 0.4) is 0 Å². The van der Waals surface area contributed by atoms with E-state index in [9.17, 15) is 38.4 Å². The number of hydrogen-bond donors (Lipinski definition) is 0. The van der Waals surface area contributed by atoms with E-state index in [1.807, 2.05) is 0 Å². The minimum atomic E-state index is -0.833. The van der Waals surface area contributed by atoms with Crippen molar-refractivity contribution in [3.8, 4) is 11.5 Å². The third-order valence-corrected chi connectivity index (χ3v) is 7.86. The van der Waals surface area contributed by atoms with Crippen LogP contribution in [0.4, 0.5) is 0 Å². The van der Waals surface area contributed by atoms with E-state index >= 15 is 0 Å². The summed E-state index contributed by atoms with van der Waals surface area (Å²) < 4.78 is 10.7. The molecule has 0 amide bonds. The fourth-order valence-corrected chi connectivity index (χ4v) is 5.13. The number of carbonyl (C=O) groups is 8. The van der Waals surface area contributed by atoms with Crippen LogP contribution >= 0.6 is 0 Å². The number of hydrogen-bond acceptors (Lipinski definition) is 10. The predicted octanol–water partition coefficient (Wildman–Crippen LogP) is 5.41. The summed E-state index contributed by atoms with van der Waals surface area (Å²) in [5.41, 5.74) is -0.210. The van der Waals surface area contributed by atoms with Crippen molar-refractivity contribution in [1.29, 1.82) is 0 Å². The van der Waals surface area contributed by atoms with Gasteiger partial charge in [-0.3, -0.25) is 28.8 Å². The summed E-state index contributed by atoms with van der Waals surface area (Å²) in [7, 11) is 0. The van der Waals surface area contributed by atoms with Gasteiger partial charge in [-0.2, -0.15) is 0 Å². The van der Waals surface area contributed by atoms with E-state index in [1.165, 1.54) is 36.4 Å². The van der Waals surface area contributed by atoms with Crippen LogP contribution in [0.25, 0.3) is 0 Å². The van der Waals surface area contributed by atoms with Gasteiger partial charge in [-0.15, -0.1) is 0 Å². The lowest BCUT2D eigenvalue weighted by Gasteiger charge is -2.17. The van der Waals surface area contributed by atoms with E-state index in [-0.39, 0.29) is 47.1 Å². The summed E-state index contributed by atoms with van der Waals surface area (Å²) in [6.07, 6.45) is 16.2. The molecule has 3 rings (SSSR count). The molecule has 250 valence electrons. The summed E-state index contributed by atoms with van der Waals surface area (Å²) >= 11 is 0. The van der Waals surface area contributed by atoms with Crippen molar-refractivity contribution in [2.24, 2.45) is 11.8 Å². The Balaban J connectivity index is 1.43. The molecule has 0 bridgehead atoms. The number of ether oxygens (including phenoxy) is 2. The predicted molar refractivity (Wildman–Crippen MR) is 176 cm³/mol. The molecule has 0 radical (unpaired) electrons. The van der Waals surface area contributed by atoms with Crippen LogP contribution in [0.1, 0.15) is 64.2 Å². The van der Waals surface area contributed by atoms with E-state index in [1.54, 1.807) is 24.3 Å². The lowest BCUT2D eigenvalue weighted by molar-refractivity contribution is -0.134. The van der Waals surface area contributed by atoms with Crippen LogP contribution in [0, 0.1) is 11.8 Å². The highest BCUT2D eigenvalue weighted by atomic mass is 16.5. The van der Waals surface area contributed by atoms with Gasteiger partial charge >= 0.3 is 11.9 Å². The molecule has 0 aliphatic heterocycles. The van der Waals surface area contributed by atoms with Gasteiger partial charge in [0.15, 0.2) is 11.6 Å². The maximum Gasteiger partial charge on any atom is 0.347 e. The van der Waals surface area contributed by atoms with Crippen LogP contribution in [0.2, 0.25) is 0 Å². The van der Waals surface area contributed by atoms with Crippen molar-refractivity contribution in [3.63, 3.8) is 0 Å². The number of benzene rings is 1. The molecule has 2 atom stereocenters. The van der Waals surface area contributed by atoms with E-state index in [0.29, 0.717) is 51.4 Å². The molecule has 0 saturated carbocycles. The standard InChI is InChI=1S/C38H38O10/c1-3-31(39)33(41)19-9-5-7-13-25-15-11-17-29(35(25)43)37(45)47-27-21-23-28(24-22-27)48-38(46)30-18-12-16-26(36(30)44)14-8-6-10-20-34(42)32(40)4-2/h3-4,11-12,15-18,21-26H,1-2,5-10,13-14,19-20H2. The molecule has 1 aromatic carbocycles. The Labute approximate surface area is 278 Å². The maximum absolute atomic E-state index is 12.9. The average molecular weight is 655 g/mol. The van der Waals surface area contributed by atoms with Crippen LogP contribution < -0.4 is 9.47 Å². The zero-order valence-electron chi connectivity index (χ0n) is 26.7. The van der Waals surface area contributed by atoms with Gasteiger partial charge in [0.25, 0.3) is 0 Å². The number of rotatable bonds is 20. The number of esters is 2. The smallest absolute Gasteiger partial charge is 0.347 e. The minimum Gasteiger partial charge on any atom is -0.423 e. The second-order valence-corrected chi connectivity index (χ2v) is 11.3. The summed E-state index contributed by atoms with van der Waals surface area (Å²) in [6, 6.07) is 5.58. The van der Waals surface area contributed by atoms with Crippen LogP contribution in [-0.4, -0.2) is 46.6 Å². The first-order valence-corrected chi connectivity index (χ1v) is 15.8. The van der Waals surface area contributed by atoms with Crippen LogP contribution in [0.15, 0.2) is 97.2 Å². The highest BCUT2D eigenvalue weighted by molar-refractivity contribution is 6.41. The zero-order valence-corrected chi connectivity index (χ0v) is 26.7. The monoisotopic (exact) mass is 654 g/mol. The normalized spacial score (nSPS) is 16.8. The number of carbonyl (C=O) groups excluding carboxylic acids is 8. The van der Waals surface area contributed by atoms with Crippen LogP contribution in [0.5, 0.6) is 11.5 Å². The Kier molecular flexibility index (Phi) is 14.4. The molecule has 0 N–H and O–H groups in total. The second kappa shape index (κ2) is 18.7. The van der Waals surface area contributed by atoms with Crippen molar-refractivity contribution >= 4 is 46.6 Å². The van der Waals surface area contributed by atoms with E-state index in [2.05, 4.69) is 13.2 Å². The molecule has 0 fully saturated rings. The lowest BCUT2D eigenvalue weighted by atomic mass is 9.88. The summed E-state index contributed by atoms with van der Waals surface area (Å²) in [5.74, 6) is -5.41. The Hall–Kier alpha value is -5.38. The fraction of sp³-hybridized carbons (Fsp3) is 0.316. The molecule has 2 aliphatic carbocycles. The molecular formula is C38H38O10. The lowest BCUT2D eigenvalue weighted by Crippen LogP contribution is -2.26. The Morgan fingerprint density at radius 2 is 0.958 bits per heavy atom. The topological polar surface area (TPSA) is 155 Å². The first-order chi connectivity index (χ1) is 23.0. The molecule has 2 unspecified atom stereocenters. The number of Topliss-reactive ketones (excluding diaryl/α,β-unsaturated/α-hetero) is 4. The van der Waals surface area contributed by atoms with E-state index in [0.717, 1.165) is 12.2 Å². The first kappa shape index (κ1) is 37.1. The van der Waals surface area contributed by atoms with Crippen molar-refractivity contribution in [1.82, 2.24) is 0 Å². The molecule has 10 heteroatoms. The number of unbranched alkanes of at least 4 members (excludes halogenated alkanes) is 4. The van der Waals surface area contributed by atoms with Gasteiger partial charge in [-0.1, -0.05) is 63.1 Å². The molecule has 0 saturated heterocycles. The molecule has 2 aliphatic rings. The number of allylic oxidation sites excluding steroid dienone is 8. The van der Waals surface area contributed by atoms with Crippen molar-refractivity contribution < 1.29 is 47.8 Å². The van der Waals surface area contributed by atoms with Crippen molar-refractivity contribution in [2.75, 3.05) is 0 Å². The molecule has 48 heavy (non-hydrogen) atoms. The molecule has 0 spiro atoms. The highest BCUT2D eigenvalue weighted by Crippen LogP contribution is 2.26. The minimum absolute atomic E-state index is 0.105. The summed E-state index contributed by atoms with van der Waals surface area (Å²) in [4.78, 5) is 97.2. The van der Waals surface area contributed by atoms with Gasteiger partial charge in [0.1, 0.15) is 22.6 Å². The zero-order chi connectivity index (χ0) is 35.1. The Bertz CT molecular complexity index is 1480. The van der Waals surface area contributed by atoms with Gasteiger partial charge in [-0.05, 0) is 74.3 Å². The van der Waals surface area contributed by atoms with Crippen LogP contribution in [-0.2, 0) is 38.4 Å². The SMILES string of the molecule is C=CC(=O)C(=O)CCCCCC1C=CC=C(C(=O)Oc2ccc(OC(=O)C3=CC=CC(CCCCCC(=O)C(=O)C=C)C3=O)cc2)C1=O. The molecule has 1 aromatic rings. The summed E-state index contributed by atoms with van der Waals surface area (Å²) in [5, 5.41) is 0. The van der Waals surface area contributed by atoms with Crippen molar-refractivity contribution in [3.05, 3.63) is 97.2 Å². The number of ketones is 6. The first-order valence-electron chi connectivity index (χ1n) is 15.8. The highest BCUT2D eigenvalue weighted by Gasteiger charge is 2.29. The maximum atomic E-state index is 12.9. The third-order valence-electron chi connectivity index (χ3n) is 7.86. The van der Waals surface area contributed by atoms with Gasteiger partial charge < -0.3 is 9.47 Å². The molecule has 10 nitrogen and oxygen atoms in total. The Morgan fingerprint density at radius 1 is 0.583 bits per heavy atom.